The van der Waals surface area contributed by atoms with Gasteiger partial charge < -0.3 is 22.1 Å². The minimum absolute atomic E-state index is 0.0210. The summed E-state index contributed by atoms with van der Waals surface area (Å²) in [4.78, 5) is 20.3. The van der Waals surface area contributed by atoms with E-state index in [1.807, 2.05) is 24.3 Å². The fourth-order valence-electron chi connectivity index (χ4n) is 3.69. The number of amides is 1. The van der Waals surface area contributed by atoms with Crippen LogP contribution in [0.25, 0.3) is 10.8 Å². The number of anilines is 3. The highest BCUT2D eigenvalue weighted by molar-refractivity contribution is 5.99. The van der Waals surface area contributed by atoms with Crippen LogP contribution in [0.2, 0.25) is 0 Å². The third kappa shape index (κ3) is 4.12. The molecule has 150 valence electrons. The molecule has 0 aliphatic heterocycles. The number of nitrogens with zero attached hydrogens (tertiary/aromatic N) is 2. The van der Waals surface area contributed by atoms with Gasteiger partial charge in [-0.3, -0.25) is 9.78 Å². The molecule has 2 aromatic heterocycles. The standard InChI is InChI=1S/C21H23FN6O/c22-16-10-15(19(24)29)20(28-21(16)27-18-4-2-1-3-17(18)23)26-14-6-5-12-7-8-25-11-13(12)9-14/h5-11,17-18H,1-4,23H2,(H2,24,29)(H2,26,27,28)/t17-,18+/m0/s1. The lowest BCUT2D eigenvalue weighted by molar-refractivity contribution is 0.100. The molecular weight excluding hydrogens is 371 g/mol. The molecule has 3 aromatic rings. The summed E-state index contributed by atoms with van der Waals surface area (Å²) in [6.45, 7) is 0. The number of carbonyl (C=O) groups is 1. The summed E-state index contributed by atoms with van der Waals surface area (Å²) in [6, 6.07) is 8.53. The molecule has 7 nitrogen and oxygen atoms in total. The van der Waals surface area contributed by atoms with Crippen molar-refractivity contribution in [3.8, 4) is 0 Å². The minimum atomic E-state index is -0.762. The van der Waals surface area contributed by atoms with Gasteiger partial charge in [0.25, 0.3) is 5.91 Å². The molecule has 29 heavy (non-hydrogen) atoms. The van der Waals surface area contributed by atoms with Crippen LogP contribution in [0, 0.1) is 5.82 Å². The van der Waals surface area contributed by atoms with Gasteiger partial charge in [0, 0.05) is 35.6 Å². The van der Waals surface area contributed by atoms with Crippen LogP contribution in [0.4, 0.5) is 21.7 Å². The molecule has 0 saturated heterocycles. The van der Waals surface area contributed by atoms with Crippen molar-refractivity contribution in [2.75, 3.05) is 10.6 Å². The second-order valence-electron chi connectivity index (χ2n) is 7.34. The number of nitrogens with one attached hydrogen (secondary N) is 2. The fraction of sp³-hybridized carbons (Fsp3) is 0.286. The number of benzene rings is 1. The second-order valence-corrected chi connectivity index (χ2v) is 7.34. The van der Waals surface area contributed by atoms with Crippen LogP contribution in [-0.4, -0.2) is 28.0 Å². The smallest absolute Gasteiger partial charge is 0.252 e. The minimum Gasteiger partial charge on any atom is -0.365 e. The van der Waals surface area contributed by atoms with Gasteiger partial charge >= 0.3 is 0 Å². The van der Waals surface area contributed by atoms with E-state index in [1.54, 1.807) is 12.4 Å². The van der Waals surface area contributed by atoms with E-state index >= 15 is 0 Å². The Labute approximate surface area is 167 Å². The molecule has 0 bridgehead atoms. The zero-order valence-corrected chi connectivity index (χ0v) is 15.9. The van der Waals surface area contributed by atoms with Crippen molar-refractivity contribution >= 4 is 34.0 Å². The van der Waals surface area contributed by atoms with Crippen LogP contribution in [-0.2, 0) is 0 Å². The summed E-state index contributed by atoms with van der Waals surface area (Å²) in [5, 5.41) is 8.14. The molecule has 1 aliphatic rings. The maximum absolute atomic E-state index is 14.6. The first kappa shape index (κ1) is 19.1. The van der Waals surface area contributed by atoms with E-state index in [-0.39, 0.29) is 29.3 Å². The zero-order valence-electron chi connectivity index (χ0n) is 15.9. The first-order valence-corrected chi connectivity index (χ1v) is 9.64. The van der Waals surface area contributed by atoms with Gasteiger partial charge in [-0.05, 0) is 42.5 Å². The predicted molar refractivity (Wildman–Crippen MR) is 112 cm³/mol. The van der Waals surface area contributed by atoms with E-state index in [0.717, 1.165) is 42.5 Å². The van der Waals surface area contributed by atoms with Gasteiger partial charge in [0.2, 0.25) is 0 Å². The van der Waals surface area contributed by atoms with Crippen LogP contribution in [0.5, 0.6) is 0 Å². The number of carbonyl (C=O) groups excluding carboxylic acids is 1. The van der Waals surface area contributed by atoms with E-state index in [2.05, 4.69) is 20.6 Å². The first-order chi connectivity index (χ1) is 14.0. The number of fused-ring (bicyclic) bond motifs is 1. The lowest BCUT2D eigenvalue weighted by atomic mass is 9.91. The van der Waals surface area contributed by atoms with Gasteiger partial charge in [-0.15, -0.1) is 0 Å². The number of rotatable bonds is 5. The lowest BCUT2D eigenvalue weighted by Gasteiger charge is -2.30. The fourth-order valence-corrected chi connectivity index (χ4v) is 3.69. The van der Waals surface area contributed by atoms with Crippen molar-refractivity contribution < 1.29 is 9.18 Å². The largest absolute Gasteiger partial charge is 0.365 e. The molecule has 0 unspecified atom stereocenters. The number of pyridine rings is 2. The Hall–Kier alpha value is -3.26. The van der Waals surface area contributed by atoms with Crippen molar-refractivity contribution in [1.29, 1.82) is 0 Å². The molecule has 1 aromatic carbocycles. The van der Waals surface area contributed by atoms with Crippen LogP contribution >= 0.6 is 0 Å². The van der Waals surface area contributed by atoms with Gasteiger partial charge in [0.05, 0.1) is 5.56 Å². The Balaban J connectivity index is 1.67. The summed E-state index contributed by atoms with van der Waals surface area (Å²) in [5.74, 6) is -1.15. The molecule has 6 N–H and O–H groups in total. The second kappa shape index (κ2) is 8.00. The third-order valence-corrected chi connectivity index (χ3v) is 5.29. The van der Waals surface area contributed by atoms with Gasteiger partial charge in [-0.2, -0.15) is 0 Å². The topological polar surface area (TPSA) is 119 Å². The highest BCUT2D eigenvalue weighted by Gasteiger charge is 2.24. The Kier molecular flexibility index (Phi) is 5.26. The summed E-state index contributed by atoms with van der Waals surface area (Å²) < 4.78 is 14.6. The Morgan fingerprint density at radius 2 is 1.93 bits per heavy atom. The summed E-state index contributed by atoms with van der Waals surface area (Å²) in [5.41, 5.74) is 12.3. The molecule has 2 heterocycles. The van der Waals surface area contributed by atoms with Crippen LogP contribution in [0.3, 0.4) is 0 Å². The first-order valence-electron chi connectivity index (χ1n) is 9.64. The number of hydrogen-bond acceptors (Lipinski definition) is 6. The zero-order chi connectivity index (χ0) is 20.4. The molecule has 1 amide bonds. The van der Waals surface area contributed by atoms with E-state index in [9.17, 15) is 9.18 Å². The molecular formula is C21H23FN6O. The maximum atomic E-state index is 14.6. The molecule has 1 fully saturated rings. The molecule has 2 atom stereocenters. The van der Waals surface area contributed by atoms with Crippen molar-refractivity contribution in [2.24, 2.45) is 11.5 Å². The van der Waals surface area contributed by atoms with Crippen molar-refractivity contribution in [2.45, 2.75) is 37.8 Å². The van der Waals surface area contributed by atoms with Crippen LogP contribution < -0.4 is 22.1 Å². The van der Waals surface area contributed by atoms with E-state index in [4.69, 9.17) is 11.5 Å². The average Bonchev–Trinajstić information content (AvgIpc) is 2.71. The van der Waals surface area contributed by atoms with Gasteiger partial charge in [-0.25, -0.2) is 9.37 Å². The molecule has 4 rings (SSSR count). The average molecular weight is 394 g/mol. The molecule has 8 heteroatoms. The van der Waals surface area contributed by atoms with Gasteiger partial charge in [0.1, 0.15) is 5.82 Å². The van der Waals surface area contributed by atoms with Crippen molar-refractivity contribution in [3.05, 3.63) is 54.1 Å². The maximum Gasteiger partial charge on any atom is 0.252 e. The highest BCUT2D eigenvalue weighted by atomic mass is 19.1. The molecule has 1 aliphatic carbocycles. The van der Waals surface area contributed by atoms with Crippen molar-refractivity contribution in [1.82, 2.24) is 9.97 Å². The summed E-state index contributed by atoms with van der Waals surface area (Å²) >= 11 is 0. The number of primary amides is 1. The van der Waals surface area contributed by atoms with Gasteiger partial charge in [-0.1, -0.05) is 18.9 Å². The van der Waals surface area contributed by atoms with Crippen molar-refractivity contribution in [3.63, 3.8) is 0 Å². The van der Waals surface area contributed by atoms with E-state index in [1.165, 1.54) is 0 Å². The quantitative estimate of drug-likeness (QED) is 0.527. The molecule has 0 radical (unpaired) electrons. The summed E-state index contributed by atoms with van der Waals surface area (Å²) in [7, 11) is 0. The number of aromatic nitrogens is 2. The Morgan fingerprint density at radius 3 is 2.72 bits per heavy atom. The number of nitrogens with two attached hydrogens (primary N) is 2. The lowest BCUT2D eigenvalue weighted by Crippen LogP contribution is -2.43. The predicted octanol–water partition coefficient (Wildman–Crippen LogP) is 3.29. The highest BCUT2D eigenvalue weighted by Crippen LogP contribution is 2.27. The monoisotopic (exact) mass is 394 g/mol. The van der Waals surface area contributed by atoms with E-state index in [0.29, 0.717) is 5.69 Å². The normalized spacial score (nSPS) is 19.1. The Bertz CT molecular complexity index is 1060. The van der Waals surface area contributed by atoms with Gasteiger partial charge in [0.15, 0.2) is 11.6 Å². The SMILES string of the molecule is NC(=O)c1cc(F)c(N[C@@H]2CCCC[C@@H]2N)nc1Nc1ccc2ccncc2c1. The Morgan fingerprint density at radius 1 is 1.10 bits per heavy atom. The van der Waals surface area contributed by atoms with Crippen LogP contribution in [0.15, 0.2) is 42.7 Å². The number of halogens is 1. The molecule has 1 saturated carbocycles. The van der Waals surface area contributed by atoms with E-state index < -0.39 is 11.7 Å². The molecule has 0 spiro atoms. The van der Waals surface area contributed by atoms with Crippen LogP contribution in [0.1, 0.15) is 36.0 Å². The third-order valence-electron chi connectivity index (χ3n) is 5.29. The number of hydrogen-bond donors (Lipinski definition) is 4. The summed E-state index contributed by atoms with van der Waals surface area (Å²) in [6.07, 6.45) is 7.29.